The molecule has 0 aromatic heterocycles. The second-order valence-electron chi connectivity index (χ2n) is 5.21. The Morgan fingerprint density at radius 3 is 2.52 bits per heavy atom. The van der Waals surface area contributed by atoms with Gasteiger partial charge in [-0.05, 0) is 30.2 Å². The fraction of sp³-hybridized carbons (Fsp3) is 0.0556. The molecule has 7 heteroatoms. The minimum absolute atomic E-state index is 0.222. The molecule has 0 unspecified atom stereocenters. The van der Waals surface area contributed by atoms with E-state index in [-0.39, 0.29) is 16.8 Å². The maximum Gasteiger partial charge on any atom is 0.338 e. The Bertz CT molecular complexity index is 872. The van der Waals surface area contributed by atoms with E-state index in [2.05, 4.69) is 10.4 Å². The summed E-state index contributed by atoms with van der Waals surface area (Å²) < 4.78 is 0. The number of hydrogen-bond acceptors (Lipinski definition) is 5. The molecule has 0 bridgehead atoms. The van der Waals surface area contributed by atoms with E-state index in [1.54, 1.807) is 49.4 Å². The van der Waals surface area contributed by atoms with E-state index in [0.29, 0.717) is 16.8 Å². The third-order valence-electron chi connectivity index (χ3n) is 3.54. The standard InChI is InChI=1S/C18H18N4O3/c1-11-5-2-3-8-14(11)15(18(24)25)16(19)17(23)12-6-4-7-13(9-12)21-10-22-20/h2-10H,19-20H2,1H3,(H,21,22)(H,24,25). The van der Waals surface area contributed by atoms with Gasteiger partial charge >= 0.3 is 5.97 Å². The second-order valence-corrected chi connectivity index (χ2v) is 5.21. The Morgan fingerprint density at radius 1 is 1.16 bits per heavy atom. The number of hydrogen-bond donors (Lipinski definition) is 4. The number of carbonyl (C=O) groups excluding carboxylic acids is 1. The van der Waals surface area contributed by atoms with Crippen molar-refractivity contribution in [2.75, 3.05) is 0 Å². The Morgan fingerprint density at radius 2 is 1.88 bits per heavy atom. The molecule has 0 spiro atoms. The molecule has 2 aromatic carbocycles. The lowest BCUT2D eigenvalue weighted by atomic mass is 9.95. The van der Waals surface area contributed by atoms with Crippen molar-refractivity contribution in [1.29, 1.82) is 0 Å². The molecule has 2 rings (SSSR count). The van der Waals surface area contributed by atoms with E-state index in [4.69, 9.17) is 11.6 Å². The van der Waals surface area contributed by atoms with Gasteiger partial charge in [-0.2, -0.15) is 0 Å². The number of aryl methyl sites for hydroxylation is 1. The first-order valence-electron chi connectivity index (χ1n) is 7.38. The van der Waals surface area contributed by atoms with E-state index >= 15 is 0 Å². The van der Waals surface area contributed by atoms with Crippen molar-refractivity contribution in [3.63, 3.8) is 0 Å². The molecule has 2 aromatic rings. The molecule has 0 aliphatic rings. The molecular formula is C18H18N4O3. The molecule has 0 amide bonds. The van der Waals surface area contributed by atoms with Crippen LogP contribution in [0, 0.1) is 6.92 Å². The summed E-state index contributed by atoms with van der Waals surface area (Å²) in [6.07, 6.45) is 1.26. The highest BCUT2D eigenvalue weighted by Crippen LogP contribution is 2.23. The quantitative estimate of drug-likeness (QED) is 0.158. The van der Waals surface area contributed by atoms with Gasteiger partial charge in [-0.1, -0.05) is 36.4 Å². The summed E-state index contributed by atoms with van der Waals surface area (Å²) in [6, 6.07) is 13.2. The van der Waals surface area contributed by atoms with Gasteiger partial charge in [0.2, 0.25) is 5.78 Å². The number of carbonyl (C=O) groups is 2. The summed E-state index contributed by atoms with van der Waals surface area (Å²) in [6.45, 7) is 1.76. The van der Waals surface area contributed by atoms with Crippen molar-refractivity contribution < 1.29 is 14.7 Å². The number of carboxylic acids is 1. The summed E-state index contributed by atoms with van der Waals surface area (Å²) >= 11 is 0. The number of allylic oxidation sites excluding steroid dienone is 1. The largest absolute Gasteiger partial charge is 0.478 e. The normalized spacial score (nSPS) is 11.9. The number of hydrazine groups is 1. The maximum atomic E-state index is 12.7. The van der Waals surface area contributed by atoms with E-state index in [0.717, 1.165) is 0 Å². The topological polar surface area (TPSA) is 131 Å². The Balaban J connectivity index is 2.52. The summed E-state index contributed by atoms with van der Waals surface area (Å²) in [5.41, 5.74) is 9.45. The molecule has 0 atom stereocenters. The van der Waals surface area contributed by atoms with Gasteiger partial charge in [-0.25, -0.2) is 15.6 Å². The SMILES string of the molecule is Cc1ccccc1C(C(=O)O)=C(N)C(=O)c1cccc(N=CNN)c1. The number of aliphatic imine (C=N–C) groups is 1. The van der Waals surface area contributed by atoms with Gasteiger partial charge in [-0.15, -0.1) is 0 Å². The molecule has 0 aliphatic carbocycles. The fourth-order valence-corrected chi connectivity index (χ4v) is 2.34. The molecule has 128 valence electrons. The summed E-state index contributed by atoms with van der Waals surface area (Å²) in [7, 11) is 0. The molecular weight excluding hydrogens is 320 g/mol. The van der Waals surface area contributed by atoms with Crippen molar-refractivity contribution >= 4 is 29.4 Å². The van der Waals surface area contributed by atoms with Crippen molar-refractivity contribution in [3.8, 4) is 0 Å². The van der Waals surface area contributed by atoms with Gasteiger partial charge in [0, 0.05) is 5.56 Å². The number of carboxylic acid groups (broad SMARTS) is 1. The van der Waals surface area contributed by atoms with E-state index in [9.17, 15) is 14.7 Å². The number of rotatable bonds is 6. The lowest BCUT2D eigenvalue weighted by Crippen LogP contribution is -2.19. The maximum absolute atomic E-state index is 12.7. The van der Waals surface area contributed by atoms with Crippen molar-refractivity contribution in [2.24, 2.45) is 16.6 Å². The second kappa shape index (κ2) is 7.89. The molecule has 0 saturated carbocycles. The van der Waals surface area contributed by atoms with Gasteiger partial charge in [0.05, 0.1) is 17.0 Å². The monoisotopic (exact) mass is 338 g/mol. The van der Waals surface area contributed by atoms with Crippen LogP contribution < -0.4 is 17.0 Å². The molecule has 0 saturated heterocycles. The van der Waals surface area contributed by atoms with Crippen LogP contribution in [-0.4, -0.2) is 23.2 Å². The average molecular weight is 338 g/mol. The third kappa shape index (κ3) is 4.10. The average Bonchev–Trinajstić information content (AvgIpc) is 2.61. The van der Waals surface area contributed by atoms with Crippen LogP contribution in [0.5, 0.6) is 0 Å². The number of nitrogens with one attached hydrogen (secondary N) is 1. The Kier molecular flexibility index (Phi) is 5.65. The number of ketones is 1. The van der Waals surface area contributed by atoms with Crippen molar-refractivity contribution in [1.82, 2.24) is 5.43 Å². The zero-order valence-electron chi connectivity index (χ0n) is 13.6. The lowest BCUT2D eigenvalue weighted by molar-refractivity contribution is -0.130. The number of Topliss-reactive ketones (excluding diaryl/α,β-unsaturated/α-hetero) is 1. The van der Waals surface area contributed by atoms with Crippen LogP contribution in [0.25, 0.3) is 5.57 Å². The van der Waals surface area contributed by atoms with Crippen LogP contribution in [0.2, 0.25) is 0 Å². The lowest BCUT2D eigenvalue weighted by Gasteiger charge is -2.10. The highest BCUT2D eigenvalue weighted by molar-refractivity contribution is 6.26. The first-order valence-corrected chi connectivity index (χ1v) is 7.38. The smallest absolute Gasteiger partial charge is 0.338 e. The highest BCUT2D eigenvalue weighted by Gasteiger charge is 2.22. The molecule has 0 radical (unpaired) electrons. The van der Waals surface area contributed by atoms with Crippen LogP contribution in [0.15, 0.2) is 59.2 Å². The zero-order valence-corrected chi connectivity index (χ0v) is 13.6. The van der Waals surface area contributed by atoms with Gasteiger partial charge in [0.1, 0.15) is 6.34 Å². The summed E-state index contributed by atoms with van der Waals surface area (Å²) in [5.74, 6) is 3.27. The third-order valence-corrected chi connectivity index (χ3v) is 3.54. The van der Waals surface area contributed by atoms with Crippen molar-refractivity contribution in [2.45, 2.75) is 6.92 Å². The van der Waals surface area contributed by atoms with Crippen molar-refractivity contribution in [3.05, 3.63) is 70.9 Å². The van der Waals surface area contributed by atoms with Crippen LogP contribution in [0.4, 0.5) is 5.69 Å². The summed E-state index contributed by atoms with van der Waals surface area (Å²) in [4.78, 5) is 28.4. The van der Waals surface area contributed by atoms with Gasteiger partial charge in [0.15, 0.2) is 0 Å². The number of nitrogens with zero attached hydrogens (tertiary/aromatic N) is 1. The van der Waals surface area contributed by atoms with Crippen LogP contribution in [0.3, 0.4) is 0 Å². The Labute approximate surface area is 144 Å². The number of nitrogens with two attached hydrogens (primary N) is 2. The number of aliphatic carboxylic acids is 1. The zero-order chi connectivity index (χ0) is 18.4. The van der Waals surface area contributed by atoms with Crippen LogP contribution in [0.1, 0.15) is 21.5 Å². The van der Waals surface area contributed by atoms with Crippen LogP contribution in [-0.2, 0) is 4.79 Å². The van der Waals surface area contributed by atoms with E-state index in [1.807, 2.05) is 0 Å². The fourth-order valence-electron chi connectivity index (χ4n) is 2.34. The van der Waals surface area contributed by atoms with Gasteiger partial charge in [-0.3, -0.25) is 4.79 Å². The predicted octanol–water partition coefficient (Wildman–Crippen LogP) is 1.76. The number of benzene rings is 2. The minimum Gasteiger partial charge on any atom is -0.478 e. The van der Waals surface area contributed by atoms with E-state index in [1.165, 1.54) is 12.4 Å². The molecule has 0 heterocycles. The Hall–Kier alpha value is -3.45. The first kappa shape index (κ1) is 17.9. The highest BCUT2D eigenvalue weighted by atomic mass is 16.4. The molecule has 6 N–H and O–H groups in total. The molecule has 0 aliphatic heterocycles. The molecule has 7 nitrogen and oxygen atoms in total. The van der Waals surface area contributed by atoms with Gasteiger partial charge in [0.25, 0.3) is 0 Å². The molecule has 25 heavy (non-hydrogen) atoms. The van der Waals surface area contributed by atoms with Crippen LogP contribution >= 0.6 is 0 Å². The predicted molar refractivity (Wildman–Crippen MR) is 96.2 cm³/mol. The first-order chi connectivity index (χ1) is 12.0. The van der Waals surface area contributed by atoms with E-state index < -0.39 is 11.8 Å². The van der Waals surface area contributed by atoms with Gasteiger partial charge < -0.3 is 16.3 Å². The summed E-state index contributed by atoms with van der Waals surface area (Å²) in [5, 5.41) is 9.55. The minimum atomic E-state index is -1.26. The molecule has 0 fully saturated rings.